The highest BCUT2D eigenvalue weighted by molar-refractivity contribution is 9.09. The molecule has 1 saturated heterocycles. The Labute approximate surface area is 131 Å². The lowest BCUT2D eigenvalue weighted by Gasteiger charge is -2.36. The van der Waals surface area contributed by atoms with Gasteiger partial charge in [-0.05, 0) is 19.9 Å². The number of nitro groups is 1. The molecule has 0 radical (unpaired) electrons. The van der Waals surface area contributed by atoms with E-state index in [-0.39, 0.29) is 29.4 Å². The summed E-state index contributed by atoms with van der Waals surface area (Å²) in [5.41, 5.74) is 0.517. The Morgan fingerprint density at radius 1 is 1.52 bits per heavy atom. The molecule has 1 aliphatic rings. The van der Waals surface area contributed by atoms with Crippen LogP contribution in [0.25, 0.3) is 0 Å². The number of hydrogen-bond acceptors (Lipinski definition) is 4. The smallest absolute Gasteiger partial charge is 0.285 e. The van der Waals surface area contributed by atoms with Gasteiger partial charge in [0.05, 0.1) is 17.1 Å². The van der Waals surface area contributed by atoms with Crippen molar-refractivity contribution in [2.45, 2.75) is 26.1 Å². The molecule has 21 heavy (non-hydrogen) atoms. The topological polar surface area (TPSA) is 72.7 Å². The van der Waals surface area contributed by atoms with Crippen molar-refractivity contribution in [2.75, 3.05) is 18.4 Å². The molecule has 0 aliphatic carbocycles. The third kappa shape index (κ3) is 3.41. The van der Waals surface area contributed by atoms with Crippen LogP contribution >= 0.6 is 15.9 Å². The first kappa shape index (κ1) is 15.9. The number of rotatable bonds is 3. The lowest BCUT2D eigenvalue weighted by molar-refractivity contribution is -0.385. The van der Waals surface area contributed by atoms with E-state index in [1.165, 1.54) is 6.07 Å². The maximum Gasteiger partial charge on any atom is 0.285 e. The highest BCUT2D eigenvalue weighted by Gasteiger charge is 2.32. The number of alkyl halides is 1. The van der Waals surface area contributed by atoms with E-state index in [2.05, 4.69) is 15.9 Å². The highest BCUT2D eigenvalue weighted by Crippen LogP contribution is 2.25. The summed E-state index contributed by atoms with van der Waals surface area (Å²) in [6.07, 6.45) is -0.185. The van der Waals surface area contributed by atoms with Gasteiger partial charge in [0.1, 0.15) is 5.56 Å². The summed E-state index contributed by atoms with van der Waals surface area (Å²) >= 11 is 3.35. The van der Waals surface area contributed by atoms with Gasteiger partial charge in [0, 0.05) is 24.0 Å². The maximum absolute atomic E-state index is 12.6. The van der Waals surface area contributed by atoms with Gasteiger partial charge >= 0.3 is 0 Å². The first-order valence-corrected chi connectivity index (χ1v) is 7.81. The SMILES string of the molecule is Cc1cccc(C(=O)N2CC(C)OC(CBr)C2)c1[N+](=O)[O-]. The Bertz CT molecular complexity index is 564. The van der Waals surface area contributed by atoms with Gasteiger partial charge in [-0.1, -0.05) is 28.1 Å². The van der Waals surface area contributed by atoms with Gasteiger partial charge in [-0.25, -0.2) is 0 Å². The third-order valence-electron chi connectivity index (χ3n) is 3.44. The number of aryl methyl sites for hydroxylation is 1. The minimum Gasteiger partial charge on any atom is -0.371 e. The molecular formula is C14H17BrN2O4. The van der Waals surface area contributed by atoms with Crippen LogP contribution in [-0.2, 0) is 4.74 Å². The molecule has 1 aromatic rings. The summed E-state index contributed by atoms with van der Waals surface area (Å²) in [6, 6.07) is 4.82. The van der Waals surface area contributed by atoms with Crippen LogP contribution in [0.15, 0.2) is 18.2 Å². The van der Waals surface area contributed by atoms with Crippen LogP contribution in [0.1, 0.15) is 22.8 Å². The largest absolute Gasteiger partial charge is 0.371 e. The molecule has 0 aromatic heterocycles. The Hall–Kier alpha value is -1.47. The Balaban J connectivity index is 2.32. The number of nitro benzene ring substituents is 1. The predicted molar refractivity (Wildman–Crippen MR) is 81.9 cm³/mol. The molecule has 6 nitrogen and oxygen atoms in total. The van der Waals surface area contributed by atoms with E-state index in [0.29, 0.717) is 24.0 Å². The summed E-state index contributed by atoms with van der Waals surface area (Å²) in [5.74, 6) is -0.313. The Morgan fingerprint density at radius 3 is 2.86 bits per heavy atom. The molecule has 1 heterocycles. The number of benzene rings is 1. The van der Waals surface area contributed by atoms with Crippen molar-refractivity contribution >= 4 is 27.5 Å². The molecule has 0 N–H and O–H groups in total. The van der Waals surface area contributed by atoms with Crippen LogP contribution in [0, 0.1) is 17.0 Å². The zero-order chi connectivity index (χ0) is 15.6. The van der Waals surface area contributed by atoms with E-state index in [0.717, 1.165) is 0 Å². The average Bonchev–Trinajstić information content (AvgIpc) is 2.45. The fourth-order valence-electron chi connectivity index (χ4n) is 2.54. The van der Waals surface area contributed by atoms with Gasteiger partial charge in [-0.15, -0.1) is 0 Å². The first-order valence-electron chi connectivity index (χ1n) is 6.68. The fraction of sp³-hybridized carbons (Fsp3) is 0.500. The Morgan fingerprint density at radius 2 is 2.24 bits per heavy atom. The molecular weight excluding hydrogens is 340 g/mol. The second kappa shape index (κ2) is 6.53. The molecule has 2 atom stereocenters. The number of halogens is 1. The summed E-state index contributed by atoms with van der Waals surface area (Å²) in [4.78, 5) is 25.0. The van der Waals surface area contributed by atoms with Gasteiger partial charge in [0.15, 0.2) is 0 Å². The molecule has 1 amide bonds. The fourth-order valence-corrected chi connectivity index (χ4v) is 2.90. The number of nitrogens with zero attached hydrogens (tertiary/aromatic N) is 2. The van der Waals surface area contributed by atoms with Gasteiger partial charge < -0.3 is 9.64 Å². The minimum atomic E-state index is -0.492. The number of ether oxygens (including phenoxy) is 1. The molecule has 7 heteroatoms. The molecule has 114 valence electrons. The van der Waals surface area contributed by atoms with E-state index < -0.39 is 4.92 Å². The first-order chi connectivity index (χ1) is 9.93. The lowest BCUT2D eigenvalue weighted by Crippen LogP contribution is -2.49. The van der Waals surface area contributed by atoms with E-state index in [1.54, 1.807) is 24.0 Å². The molecule has 0 spiro atoms. The van der Waals surface area contributed by atoms with Crippen LogP contribution in [0.4, 0.5) is 5.69 Å². The number of morpholine rings is 1. The Kier molecular flexibility index (Phi) is 4.95. The summed E-state index contributed by atoms with van der Waals surface area (Å²) in [7, 11) is 0. The molecule has 0 bridgehead atoms. The van der Waals surface area contributed by atoms with Gasteiger partial charge in [0.25, 0.3) is 11.6 Å². The lowest BCUT2D eigenvalue weighted by atomic mass is 10.1. The van der Waals surface area contributed by atoms with E-state index in [9.17, 15) is 14.9 Å². The van der Waals surface area contributed by atoms with E-state index in [4.69, 9.17) is 4.74 Å². The summed E-state index contributed by atoms with van der Waals surface area (Å²) < 4.78 is 5.68. The van der Waals surface area contributed by atoms with E-state index >= 15 is 0 Å². The highest BCUT2D eigenvalue weighted by atomic mass is 79.9. The van der Waals surface area contributed by atoms with Crippen molar-refractivity contribution in [3.8, 4) is 0 Å². The summed E-state index contributed by atoms with van der Waals surface area (Å²) in [6.45, 7) is 4.39. The quantitative estimate of drug-likeness (QED) is 0.473. The number of para-hydroxylation sites is 1. The second-order valence-electron chi connectivity index (χ2n) is 5.16. The van der Waals surface area contributed by atoms with Gasteiger partial charge in [0.2, 0.25) is 0 Å². The van der Waals surface area contributed by atoms with Crippen molar-refractivity contribution in [3.05, 3.63) is 39.4 Å². The maximum atomic E-state index is 12.6. The second-order valence-corrected chi connectivity index (χ2v) is 5.81. The molecule has 1 fully saturated rings. The van der Waals surface area contributed by atoms with Gasteiger partial charge in [-0.3, -0.25) is 14.9 Å². The molecule has 0 saturated carbocycles. The van der Waals surface area contributed by atoms with Crippen LogP contribution in [0.3, 0.4) is 0 Å². The van der Waals surface area contributed by atoms with E-state index in [1.807, 2.05) is 6.92 Å². The van der Waals surface area contributed by atoms with Crippen molar-refractivity contribution in [2.24, 2.45) is 0 Å². The summed E-state index contributed by atoms with van der Waals surface area (Å²) in [5, 5.41) is 11.8. The normalized spacial score (nSPS) is 22.1. The minimum absolute atomic E-state index is 0.0888. The number of carbonyl (C=O) groups is 1. The standard InChI is InChI=1S/C14H17BrN2O4/c1-9-4-3-5-12(13(9)17(19)20)14(18)16-7-10(2)21-11(6-15)8-16/h3-5,10-11H,6-8H2,1-2H3. The zero-order valence-corrected chi connectivity index (χ0v) is 13.5. The monoisotopic (exact) mass is 356 g/mol. The van der Waals surface area contributed by atoms with Crippen LogP contribution in [0.2, 0.25) is 0 Å². The van der Waals surface area contributed by atoms with Crippen molar-refractivity contribution in [3.63, 3.8) is 0 Å². The molecule has 1 aromatic carbocycles. The molecule has 1 aliphatic heterocycles. The zero-order valence-electron chi connectivity index (χ0n) is 11.9. The van der Waals surface area contributed by atoms with Crippen molar-refractivity contribution in [1.29, 1.82) is 0 Å². The van der Waals surface area contributed by atoms with Crippen LogP contribution in [0.5, 0.6) is 0 Å². The number of amides is 1. The van der Waals surface area contributed by atoms with Crippen molar-refractivity contribution in [1.82, 2.24) is 4.90 Å². The number of hydrogen-bond donors (Lipinski definition) is 0. The van der Waals surface area contributed by atoms with Crippen LogP contribution < -0.4 is 0 Å². The third-order valence-corrected chi connectivity index (χ3v) is 4.16. The van der Waals surface area contributed by atoms with Gasteiger partial charge in [-0.2, -0.15) is 0 Å². The van der Waals surface area contributed by atoms with Crippen molar-refractivity contribution < 1.29 is 14.5 Å². The molecule has 2 unspecified atom stereocenters. The van der Waals surface area contributed by atoms with Crippen LogP contribution in [-0.4, -0.2) is 46.4 Å². The molecule has 2 rings (SSSR count). The number of carbonyl (C=O) groups excluding carboxylic acids is 1. The average molecular weight is 357 g/mol. The predicted octanol–water partition coefficient (Wildman–Crippen LogP) is 2.53.